The van der Waals surface area contributed by atoms with Gasteiger partial charge in [-0.15, -0.1) is 0 Å². The fourth-order valence-electron chi connectivity index (χ4n) is 3.15. The Morgan fingerprint density at radius 1 is 1.32 bits per heavy atom. The van der Waals surface area contributed by atoms with Gasteiger partial charge in [0.25, 0.3) is 5.91 Å². The van der Waals surface area contributed by atoms with E-state index in [1.165, 1.54) is 24.3 Å². The number of carbonyl (C=O) groups is 2. The van der Waals surface area contributed by atoms with Gasteiger partial charge in [-0.05, 0) is 58.2 Å². The van der Waals surface area contributed by atoms with Crippen molar-refractivity contribution in [3.05, 3.63) is 40.7 Å². The van der Waals surface area contributed by atoms with Gasteiger partial charge >= 0.3 is 5.97 Å². The highest BCUT2D eigenvalue weighted by Gasteiger charge is 2.32. The fourth-order valence-corrected chi connectivity index (χ4v) is 3.38. The van der Waals surface area contributed by atoms with Crippen LogP contribution < -0.4 is 0 Å². The summed E-state index contributed by atoms with van der Waals surface area (Å²) in [5, 5.41) is 0.198. The van der Waals surface area contributed by atoms with Gasteiger partial charge in [0, 0.05) is 23.7 Å². The number of hydrogen-bond acceptors (Lipinski definition) is 3. The molecule has 0 radical (unpaired) electrons. The normalized spacial score (nSPS) is 22.0. The maximum atomic E-state index is 13.7. The largest absolute Gasteiger partial charge is 0.449 e. The first-order valence-electron chi connectivity index (χ1n) is 8.46. The molecule has 6 heteroatoms. The molecule has 0 aliphatic carbocycles. The number of esters is 1. The fraction of sp³-hybridized carbons (Fsp3) is 0.474. The van der Waals surface area contributed by atoms with Crippen LogP contribution in [0.4, 0.5) is 4.39 Å². The van der Waals surface area contributed by atoms with Crippen LogP contribution in [0.3, 0.4) is 0 Å². The lowest BCUT2D eigenvalue weighted by Gasteiger charge is -2.40. The lowest BCUT2D eigenvalue weighted by atomic mass is 9.97. The minimum absolute atomic E-state index is 0.110. The summed E-state index contributed by atoms with van der Waals surface area (Å²) in [5.41, 5.74) is 0.110. The highest BCUT2D eigenvalue weighted by Crippen LogP contribution is 2.24. The molecule has 136 valence electrons. The molecule has 0 unspecified atom stereocenters. The van der Waals surface area contributed by atoms with Crippen molar-refractivity contribution in [1.29, 1.82) is 0 Å². The van der Waals surface area contributed by atoms with Crippen molar-refractivity contribution >= 4 is 29.6 Å². The van der Waals surface area contributed by atoms with E-state index in [0.717, 1.165) is 25.3 Å². The molecule has 2 rings (SSSR count). The second-order valence-corrected chi connectivity index (χ2v) is 6.83. The quantitative estimate of drug-likeness (QED) is 0.591. The number of hydrogen-bond donors (Lipinski definition) is 0. The third-order valence-electron chi connectivity index (χ3n) is 4.47. The van der Waals surface area contributed by atoms with E-state index in [0.29, 0.717) is 0 Å². The van der Waals surface area contributed by atoms with E-state index in [4.69, 9.17) is 16.3 Å². The summed E-state index contributed by atoms with van der Waals surface area (Å²) in [6.07, 6.45) is 4.42. The van der Waals surface area contributed by atoms with Crippen LogP contribution in [0.15, 0.2) is 24.3 Å². The van der Waals surface area contributed by atoms with E-state index in [1.54, 1.807) is 11.8 Å². The van der Waals surface area contributed by atoms with E-state index in [2.05, 4.69) is 0 Å². The average Bonchev–Trinajstić information content (AvgIpc) is 2.54. The van der Waals surface area contributed by atoms with Crippen LogP contribution >= 0.6 is 11.6 Å². The molecular weight excluding hydrogens is 345 g/mol. The zero-order chi connectivity index (χ0) is 18.6. The Morgan fingerprint density at radius 3 is 2.56 bits per heavy atom. The third-order valence-corrected chi connectivity index (χ3v) is 4.80. The van der Waals surface area contributed by atoms with Crippen LogP contribution in [0.2, 0.25) is 5.02 Å². The molecule has 1 fully saturated rings. The monoisotopic (exact) mass is 367 g/mol. The standard InChI is InChI=1S/C19H23ClFNO3/c1-12-6-4-7-13(2)22(12)19(24)14(3)25-18(23)11-10-15-16(20)8-5-9-17(15)21/h5,8-14H,4,6-7H2,1-3H3/b11-10+/t12-,13-,14+/m0/s1. The zero-order valence-electron chi connectivity index (χ0n) is 14.7. The van der Waals surface area contributed by atoms with Crippen molar-refractivity contribution in [2.75, 3.05) is 0 Å². The molecule has 1 saturated heterocycles. The molecule has 0 N–H and O–H groups in total. The molecule has 1 heterocycles. The number of benzene rings is 1. The Kier molecular flexibility index (Phi) is 6.59. The van der Waals surface area contributed by atoms with Gasteiger partial charge in [0.2, 0.25) is 0 Å². The van der Waals surface area contributed by atoms with Crippen LogP contribution in [0.25, 0.3) is 6.08 Å². The number of halogens is 2. The smallest absolute Gasteiger partial charge is 0.331 e. The maximum absolute atomic E-state index is 13.7. The Balaban J connectivity index is 2.00. The van der Waals surface area contributed by atoms with Gasteiger partial charge in [0.1, 0.15) is 5.82 Å². The number of likely N-dealkylation sites (tertiary alicyclic amines) is 1. The molecule has 1 aliphatic heterocycles. The zero-order valence-corrected chi connectivity index (χ0v) is 15.4. The Labute approximate surface area is 152 Å². The Bertz CT molecular complexity index is 646. The second kappa shape index (κ2) is 8.48. The van der Waals surface area contributed by atoms with Crippen molar-refractivity contribution in [3.8, 4) is 0 Å². The molecule has 3 atom stereocenters. The number of nitrogens with zero attached hydrogens (tertiary/aromatic N) is 1. The predicted molar refractivity (Wildman–Crippen MR) is 95.6 cm³/mol. The minimum Gasteiger partial charge on any atom is -0.449 e. The maximum Gasteiger partial charge on any atom is 0.331 e. The van der Waals surface area contributed by atoms with Gasteiger partial charge in [-0.1, -0.05) is 17.7 Å². The van der Waals surface area contributed by atoms with E-state index in [9.17, 15) is 14.0 Å². The molecule has 0 saturated carbocycles. The predicted octanol–water partition coefficient (Wildman–Crippen LogP) is 4.21. The lowest BCUT2D eigenvalue weighted by Crippen LogP contribution is -2.51. The molecule has 1 aromatic carbocycles. The minimum atomic E-state index is -0.892. The van der Waals surface area contributed by atoms with Crippen molar-refractivity contribution in [2.24, 2.45) is 0 Å². The first-order chi connectivity index (χ1) is 11.8. The number of carbonyl (C=O) groups excluding carboxylic acids is 2. The van der Waals surface area contributed by atoms with Crippen LogP contribution in [0.5, 0.6) is 0 Å². The van der Waals surface area contributed by atoms with E-state index in [1.807, 2.05) is 13.8 Å². The van der Waals surface area contributed by atoms with Gasteiger partial charge in [0.15, 0.2) is 6.10 Å². The summed E-state index contributed by atoms with van der Waals surface area (Å²) in [7, 11) is 0. The van der Waals surface area contributed by atoms with Gasteiger partial charge in [0.05, 0.1) is 5.02 Å². The SMILES string of the molecule is C[C@@H](OC(=O)/C=C/c1c(F)cccc1Cl)C(=O)N1[C@@H](C)CCC[C@@H]1C. The number of rotatable bonds is 4. The molecule has 0 spiro atoms. The van der Waals surface area contributed by atoms with Crippen molar-refractivity contribution in [2.45, 2.75) is 58.2 Å². The number of ether oxygens (including phenoxy) is 1. The van der Waals surface area contributed by atoms with Crippen LogP contribution in [0, 0.1) is 5.82 Å². The molecule has 1 amide bonds. The molecule has 1 aromatic rings. The lowest BCUT2D eigenvalue weighted by molar-refractivity contribution is -0.158. The molecular formula is C19H23ClFNO3. The number of amides is 1. The molecule has 4 nitrogen and oxygen atoms in total. The Morgan fingerprint density at radius 2 is 1.96 bits per heavy atom. The Hall–Kier alpha value is -1.88. The van der Waals surface area contributed by atoms with Crippen molar-refractivity contribution < 1.29 is 18.7 Å². The van der Waals surface area contributed by atoms with Crippen molar-refractivity contribution in [3.63, 3.8) is 0 Å². The van der Waals surface area contributed by atoms with E-state index >= 15 is 0 Å². The van der Waals surface area contributed by atoms with Crippen LogP contribution in [-0.2, 0) is 14.3 Å². The molecule has 0 bridgehead atoms. The highest BCUT2D eigenvalue weighted by atomic mass is 35.5. The summed E-state index contributed by atoms with van der Waals surface area (Å²) in [6, 6.07) is 4.52. The van der Waals surface area contributed by atoms with E-state index in [-0.39, 0.29) is 28.6 Å². The van der Waals surface area contributed by atoms with E-state index < -0.39 is 17.9 Å². The van der Waals surface area contributed by atoms with Gasteiger partial charge in [-0.25, -0.2) is 9.18 Å². The molecule has 0 aromatic heterocycles. The first-order valence-corrected chi connectivity index (χ1v) is 8.84. The van der Waals surface area contributed by atoms with Crippen LogP contribution in [-0.4, -0.2) is 35.0 Å². The average molecular weight is 368 g/mol. The van der Waals surface area contributed by atoms with Gasteiger partial charge in [-0.3, -0.25) is 4.79 Å². The number of piperidine rings is 1. The summed E-state index contributed by atoms with van der Waals surface area (Å²) in [4.78, 5) is 26.3. The van der Waals surface area contributed by atoms with Gasteiger partial charge in [-0.2, -0.15) is 0 Å². The third kappa shape index (κ3) is 4.82. The summed E-state index contributed by atoms with van der Waals surface area (Å²) in [5.74, 6) is -1.44. The molecule has 25 heavy (non-hydrogen) atoms. The topological polar surface area (TPSA) is 46.6 Å². The van der Waals surface area contributed by atoms with Crippen LogP contribution in [0.1, 0.15) is 45.6 Å². The summed E-state index contributed by atoms with van der Waals surface area (Å²) < 4.78 is 18.9. The highest BCUT2D eigenvalue weighted by molar-refractivity contribution is 6.32. The second-order valence-electron chi connectivity index (χ2n) is 6.42. The first kappa shape index (κ1) is 19.4. The van der Waals surface area contributed by atoms with Crippen molar-refractivity contribution in [1.82, 2.24) is 4.90 Å². The van der Waals surface area contributed by atoms with Gasteiger partial charge < -0.3 is 9.64 Å². The molecule has 1 aliphatic rings. The summed E-state index contributed by atoms with van der Waals surface area (Å²) >= 11 is 5.90. The summed E-state index contributed by atoms with van der Waals surface area (Å²) in [6.45, 7) is 5.56.